The first-order valence-corrected chi connectivity index (χ1v) is 6.78. The van der Waals surface area contributed by atoms with Gasteiger partial charge in [0.25, 0.3) is 0 Å². The number of nitrogens with one attached hydrogen (secondary N) is 1. The lowest BCUT2D eigenvalue weighted by Gasteiger charge is -2.22. The minimum atomic E-state index is 0.646. The zero-order valence-electron chi connectivity index (χ0n) is 10.5. The van der Waals surface area contributed by atoms with Crippen LogP contribution in [0.25, 0.3) is 11.2 Å². The van der Waals surface area contributed by atoms with Gasteiger partial charge in [0.05, 0.1) is 5.52 Å². The van der Waals surface area contributed by atoms with E-state index in [4.69, 9.17) is 17.0 Å². The molecule has 1 N–H and O–H groups in total. The van der Waals surface area contributed by atoms with Gasteiger partial charge >= 0.3 is 0 Å². The molecular formula is C13H17N3OS. The van der Waals surface area contributed by atoms with Gasteiger partial charge in [0.1, 0.15) is 0 Å². The van der Waals surface area contributed by atoms with Gasteiger partial charge in [-0.1, -0.05) is 0 Å². The lowest BCUT2D eigenvalue weighted by Crippen LogP contribution is -2.20. The molecule has 0 spiro atoms. The fourth-order valence-electron chi connectivity index (χ4n) is 2.50. The number of hydrogen-bond donors (Lipinski definition) is 1. The summed E-state index contributed by atoms with van der Waals surface area (Å²) in [6.07, 6.45) is 4.12. The molecule has 0 atom stereocenters. The maximum Gasteiger partial charge on any atom is 0.179 e. The topological polar surface area (TPSA) is 42.8 Å². The molecule has 2 aromatic rings. The highest BCUT2D eigenvalue weighted by Gasteiger charge is 2.16. The normalized spacial score (nSPS) is 17.4. The van der Waals surface area contributed by atoms with Crippen LogP contribution >= 0.6 is 12.2 Å². The third-order valence-electron chi connectivity index (χ3n) is 3.53. The molecular weight excluding hydrogens is 246 g/mol. The molecule has 5 heteroatoms. The molecule has 1 aliphatic rings. The number of imidazole rings is 1. The number of rotatable bonds is 2. The molecule has 0 saturated carbocycles. The first-order valence-electron chi connectivity index (χ1n) is 6.37. The Morgan fingerprint density at radius 3 is 3.06 bits per heavy atom. The van der Waals surface area contributed by atoms with E-state index in [0.29, 0.717) is 5.92 Å². The number of nitrogens with zero attached hydrogens (tertiary/aromatic N) is 2. The van der Waals surface area contributed by atoms with Gasteiger partial charge in [-0.2, -0.15) is 0 Å². The fraction of sp³-hybridized carbons (Fsp3) is 0.538. The molecule has 2 aromatic heterocycles. The molecule has 1 fully saturated rings. The van der Waals surface area contributed by atoms with Crippen LogP contribution in [0.5, 0.6) is 0 Å². The summed E-state index contributed by atoms with van der Waals surface area (Å²) in [7, 11) is 0. The number of fused-ring (bicyclic) bond motifs is 1. The average Bonchev–Trinajstić information content (AvgIpc) is 2.66. The number of aryl methyl sites for hydroxylation is 1. The Morgan fingerprint density at radius 1 is 1.50 bits per heavy atom. The lowest BCUT2D eigenvalue weighted by molar-refractivity contribution is 0.0614. The first-order chi connectivity index (χ1) is 8.74. The average molecular weight is 263 g/mol. The van der Waals surface area contributed by atoms with E-state index in [1.807, 2.05) is 13.1 Å². The van der Waals surface area contributed by atoms with Crippen LogP contribution in [0.2, 0.25) is 0 Å². The van der Waals surface area contributed by atoms with Crippen LogP contribution in [-0.2, 0) is 11.3 Å². The summed E-state index contributed by atoms with van der Waals surface area (Å²) < 4.78 is 8.29. The van der Waals surface area contributed by atoms with E-state index in [0.717, 1.165) is 54.1 Å². The molecule has 0 radical (unpaired) electrons. The number of aromatic nitrogens is 3. The Kier molecular flexibility index (Phi) is 3.18. The SMILES string of the molecule is Cc1cnc2c(c1)[nH]c(=S)n2CC1CCOCC1. The van der Waals surface area contributed by atoms with Gasteiger partial charge in [-0.05, 0) is 49.5 Å². The van der Waals surface area contributed by atoms with E-state index in [9.17, 15) is 0 Å². The van der Waals surface area contributed by atoms with Crippen LogP contribution in [0.4, 0.5) is 0 Å². The Bertz CT molecular complexity index is 610. The highest BCUT2D eigenvalue weighted by molar-refractivity contribution is 7.71. The Hall–Kier alpha value is -1.20. The molecule has 0 aliphatic carbocycles. The maximum absolute atomic E-state index is 5.40. The molecule has 1 saturated heterocycles. The van der Waals surface area contributed by atoms with Crippen molar-refractivity contribution in [3.8, 4) is 0 Å². The maximum atomic E-state index is 5.40. The number of ether oxygens (including phenoxy) is 1. The fourth-order valence-corrected chi connectivity index (χ4v) is 2.78. The van der Waals surface area contributed by atoms with Crippen LogP contribution in [0.3, 0.4) is 0 Å². The monoisotopic (exact) mass is 263 g/mol. The number of pyridine rings is 1. The first kappa shape index (κ1) is 11.9. The minimum absolute atomic E-state index is 0.646. The second kappa shape index (κ2) is 4.82. The van der Waals surface area contributed by atoms with Crippen molar-refractivity contribution in [1.82, 2.24) is 14.5 Å². The summed E-state index contributed by atoms with van der Waals surface area (Å²) in [5.74, 6) is 0.646. The predicted octanol–water partition coefficient (Wildman–Crippen LogP) is 2.83. The zero-order valence-corrected chi connectivity index (χ0v) is 11.3. The van der Waals surface area contributed by atoms with E-state index >= 15 is 0 Å². The van der Waals surface area contributed by atoms with E-state index in [1.54, 1.807) is 0 Å². The molecule has 0 bridgehead atoms. The van der Waals surface area contributed by atoms with Gasteiger partial charge in [0, 0.05) is 26.0 Å². The van der Waals surface area contributed by atoms with Crippen LogP contribution in [0.15, 0.2) is 12.3 Å². The highest BCUT2D eigenvalue weighted by Crippen LogP contribution is 2.20. The Labute approximate surface area is 111 Å². The third kappa shape index (κ3) is 2.20. The van der Waals surface area contributed by atoms with E-state index in [2.05, 4.69) is 20.6 Å². The van der Waals surface area contributed by atoms with Gasteiger partial charge < -0.3 is 14.3 Å². The summed E-state index contributed by atoms with van der Waals surface area (Å²) in [5, 5.41) is 0. The van der Waals surface area contributed by atoms with Crippen molar-refractivity contribution in [3.05, 3.63) is 22.6 Å². The van der Waals surface area contributed by atoms with Gasteiger partial charge in [0.2, 0.25) is 0 Å². The number of hydrogen-bond acceptors (Lipinski definition) is 3. The molecule has 96 valence electrons. The van der Waals surface area contributed by atoms with Crippen molar-refractivity contribution in [3.63, 3.8) is 0 Å². The van der Waals surface area contributed by atoms with E-state index in [-0.39, 0.29) is 0 Å². The van der Waals surface area contributed by atoms with Gasteiger partial charge in [-0.15, -0.1) is 0 Å². The molecule has 4 nitrogen and oxygen atoms in total. The van der Waals surface area contributed by atoms with Crippen molar-refractivity contribution in [2.24, 2.45) is 5.92 Å². The minimum Gasteiger partial charge on any atom is -0.381 e. The smallest absolute Gasteiger partial charge is 0.179 e. The summed E-state index contributed by atoms with van der Waals surface area (Å²) in [4.78, 5) is 7.74. The third-order valence-corrected chi connectivity index (χ3v) is 3.85. The number of H-pyrrole nitrogens is 1. The molecule has 0 unspecified atom stereocenters. The predicted molar refractivity (Wildman–Crippen MR) is 73.2 cm³/mol. The summed E-state index contributed by atoms with van der Waals surface area (Å²) in [6.45, 7) is 4.72. The Morgan fingerprint density at radius 2 is 2.28 bits per heavy atom. The number of aromatic amines is 1. The van der Waals surface area contributed by atoms with Crippen molar-refractivity contribution >= 4 is 23.4 Å². The standard InChI is InChI=1S/C13H17N3OS/c1-9-6-11-12(14-7-9)16(13(18)15-11)8-10-2-4-17-5-3-10/h6-7,10H,2-5,8H2,1H3,(H,15,18). The molecule has 0 amide bonds. The lowest BCUT2D eigenvalue weighted by atomic mass is 10.0. The Balaban J connectivity index is 1.95. The summed E-state index contributed by atoms with van der Waals surface area (Å²) >= 11 is 5.40. The van der Waals surface area contributed by atoms with Crippen LogP contribution in [0, 0.1) is 17.6 Å². The van der Waals surface area contributed by atoms with E-state index in [1.165, 1.54) is 0 Å². The van der Waals surface area contributed by atoms with Crippen molar-refractivity contribution in [1.29, 1.82) is 0 Å². The summed E-state index contributed by atoms with van der Waals surface area (Å²) in [5.41, 5.74) is 3.15. The van der Waals surface area contributed by atoms with Crippen molar-refractivity contribution in [2.75, 3.05) is 13.2 Å². The van der Waals surface area contributed by atoms with Crippen LogP contribution in [0.1, 0.15) is 18.4 Å². The quantitative estimate of drug-likeness (QED) is 0.847. The van der Waals surface area contributed by atoms with Crippen LogP contribution in [-0.4, -0.2) is 27.7 Å². The zero-order chi connectivity index (χ0) is 12.5. The molecule has 0 aromatic carbocycles. The second-order valence-corrected chi connectivity index (χ2v) is 5.37. The molecule has 18 heavy (non-hydrogen) atoms. The molecule has 3 heterocycles. The van der Waals surface area contributed by atoms with Gasteiger partial charge in [0.15, 0.2) is 10.4 Å². The molecule has 1 aliphatic heterocycles. The van der Waals surface area contributed by atoms with Crippen molar-refractivity contribution in [2.45, 2.75) is 26.3 Å². The van der Waals surface area contributed by atoms with Crippen molar-refractivity contribution < 1.29 is 4.74 Å². The van der Waals surface area contributed by atoms with Crippen LogP contribution < -0.4 is 0 Å². The summed E-state index contributed by atoms with van der Waals surface area (Å²) in [6, 6.07) is 2.10. The highest BCUT2D eigenvalue weighted by atomic mass is 32.1. The molecule has 3 rings (SSSR count). The van der Waals surface area contributed by atoms with Gasteiger partial charge in [-0.3, -0.25) is 0 Å². The van der Waals surface area contributed by atoms with Gasteiger partial charge in [-0.25, -0.2) is 4.98 Å². The second-order valence-electron chi connectivity index (χ2n) is 4.98. The largest absolute Gasteiger partial charge is 0.381 e. The van der Waals surface area contributed by atoms with E-state index < -0.39 is 0 Å².